The summed E-state index contributed by atoms with van der Waals surface area (Å²) in [4.78, 5) is 11.0. The summed E-state index contributed by atoms with van der Waals surface area (Å²) in [5.74, 6) is 0.605. The van der Waals surface area contributed by atoms with Crippen molar-refractivity contribution in [3.8, 4) is 5.75 Å². The maximum Gasteiger partial charge on any atom is 0.235 e. The average molecular weight is 242 g/mol. The van der Waals surface area contributed by atoms with Crippen molar-refractivity contribution >= 4 is 17.5 Å². The third-order valence-corrected chi connectivity index (χ3v) is 2.29. The molecule has 1 rings (SSSR count). The number of benzene rings is 1. The lowest BCUT2D eigenvalue weighted by Gasteiger charge is -2.14. The minimum absolute atomic E-state index is 0.0190. The first-order chi connectivity index (χ1) is 7.61. The van der Waals surface area contributed by atoms with Crippen LogP contribution in [0.4, 0.5) is 0 Å². The molecule has 4 heteroatoms. The van der Waals surface area contributed by atoms with Crippen LogP contribution in [-0.2, 0) is 4.79 Å². The molecular weight excluding hydrogens is 226 g/mol. The van der Waals surface area contributed by atoms with Gasteiger partial charge in [0.15, 0.2) is 0 Å². The number of carbonyl (C=O) groups is 1. The van der Waals surface area contributed by atoms with Crippen molar-refractivity contribution in [3.63, 3.8) is 0 Å². The molecule has 0 saturated carbocycles. The number of rotatable bonds is 5. The van der Waals surface area contributed by atoms with Crippen LogP contribution in [0.15, 0.2) is 24.3 Å². The van der Waals surface area contributed by atoms with Gasteiger partial charge < -0.3 is 10.1 Å². The molecule has 3 nitrogen and oxygen atoms in total. The van der Waals surface area contributed by atoms with E-state index in [4.69, 9.17) is 16.3 Å². The number of carbonyl (C=O) groups excluding carboxylic acids is 1. The Morgan fingerprint density at radius 1 is 1.44 bits per heavy atom. The van der Waals surface area contributed by atoms with E-state index in [1.807, 2.05) is 38.1 Å². The summed E-state index contributed by atoms with van der Waals surface area (Å²) in [6.45, 7) is 4.33. The molecule has 1 amide bonds. The third kappa shape index (κ3) is 4.53. The Morgan fingerprint density at radius 2 is 2.06 bits per heavy atom. The lowest BCUT2D eigenvalue weighted by Crippen LogP contribution is -2.37. The minimum Gasteiger partial charge on any atom is -0.491 e. The van der Waals surface area contributed by atoms with Crippen molar-refractivity contribution in [2.24, 2.45) is 0 Å². The molecule has 16 heavy (non-hydrogen) atoms. The Labute approximate surface area is 101 Å². The molecule has 1 aromatic carbocycles. The predicted molar refractivity (Wildman–Crippen MR) is 65.0 cm³/mol. The van der Waals surface area contributed by atoms with E-state index >= 15 is 0 Å². The van der Waals surface area contributed by atoms with Crippen molar-refractivity contribution in [1.82, 2.24) is 5.32 Å². The summed E-state index contributed by atoms with van der Waals surface area (Å²) < 4.78 is 5.51. The first kappa shape index (κ1) is 12.8. The number of aryl methyl sites for hydroxylation is 1. The number of hydrogen-bond donors (Lipinski definition) is 1. The number of amides is 1. The highest BCUT2D eigenvalue weighted by atomic mass is 35.5. The highest BCUT2D eigenvalue weighted by Gasteiger charge is 2.06. The molecular formula is C12H16ClNO2. The summed E-state index contributed by atoms with van der Waals surface area (Å²) in [5, 5.41) is 2.72. The van der Waals surface area contributed by atoms with Gasteiger partial charge in [-0.3, -0.25) is 4.79 Å². The van der Waals surface area contributed by atoms with E-state index in [0.717, 1.165) is 5.75 Å². The predicted octanol–water partition coefficient (Wildman–Crippen LogP) is 2.12. The van der Waals surface area contributed by atoms with E-state index in [0.29, 0.717) is 6.61 Å². The van der Waals surface area contributed by atoms with Gasteiger partial charge >= 0.3 is 0 Å². The van der Waals surface area contributed by atoms with E-state index in [2.05, 4.69) is 5.32 Å². The summed E-state index contributed by atoms with van der Waals surface area (Å²) >= 11 is 5.38. The van der Waals surface area contributed by atoms with Crippen LogP contribution < -0.4 is 10.1 Å². The fourth-order valence-electron chi connectivity index (χ4n) is 1.21. The van der Waals surface area contributed by atoms with Gasteiger partial charge in [0, 0.05) is 0 Å². The van der Waals surface area contributed by atoms with Crippen LogP contribution >= 0.6 is 11.6 Å². The van der Waals surface area contributed by atoms with E-state index < -0.39 is 0 Å². The second kappa shape index (κ2) is 6.38. The zero-order valence-electron chi connectivity index (χ0n) is 9.50. The molecule has 0 aliphatic heterocycles. The Hall–Kier alpha value is -1.22. The zero-order chi connectivity index (χ0) is 12.0. The molecule has 1 unspecified atom stereocenters. The summed E-state index contributed by atoms with van der Waals surface area (Å²) in [5.41, 5.74) is 1.19. The average Bonchev–Trinajstić information content (AvgIpc) is 2.28. The molecule has 0 aliphatic carbocycles. The van der Waals surface area contributed by atoms with Crippen LogP contribution in [0.2, 0.25) is 0 Å². The van der Waals surface area contributed by atoms with E-state index in [9.17, 15) is 4.79 Å². The van der Waals surface area contributed by atoms with Crippen molar-refractivity contribution in [3.05, 3.63) is 29.8 Å². The smallest absolute Gasteiger partial charge is 0.235 e. The summed E-state index contributed by atoms with van der Waals surface area (Å²) in [7, 11) is 0. The van der Waals surface area contributed by atoms with Gasteiger partial charge in [-0.15, -0.1) is 11.6 Å². The molecule has 0 bridgehead atoms. The lowest BCUT2D eigenvalue weighted by atomic mass is 10.2. The van der Waals surface area contributed by atoms with Crippen molar-refractivity contribution in [2.75, 3.05) is 12.5 Å². The van der Waals surface area contributed by atoms with Gasteiger partial charge in [-0.05, 0) is 26.0 Å². The molecule has 0 spiro atoms. The summed E-state index contributed by atoms with van der Waals surface area (Å²) in [6.07, 6.45) is 0. The molecule has 0 radical (unpaired) electrons. The number of alkyl halides is 1. The second-order valence-corrected chi connectivity index (χ2v) is 3.99. The zero-order valence-corrected chi connectivity index (χ0v) is 10.3. The molecule has 88 valence electrons. The highest BCUT2D eigenvalue weighted by Crippen LogP contribution is 2.11. The first-order valence-corrected chi connectivity index (χ1v) is 5.70. The Bertz CT molecular complexity index is 337. The third-order valence-electron chi connectivity index (χ3n) is 2.05. The Morgan fingerprint density at radius 3 is 2.62 bits per heavy atom. The quantitative estimate of drug-likeness (QED) is 0.802. The summed E-state index contributed by atoms with van der Waals surface area (Å²) in [6, 6.07) is 7.73. The van der Waals surface area contributed by atoms with Crippen LogP contribution in [0.3, 0.4) is 0 Å². The normalized spacial score (nSPS) is 11.9. The Kier molecular flexibility index (Phi) is 5.12. The number of ether oxygens (including phenoxy) is 1. The van der Waals surface area contributed by atoms with E-state index in [-0.39, 0.29) is 17.8 Å². The van der Waals surface area contributed by atoms with E-state index in [1.54, 1.807) is 0 Å². The van der Waals surface area contributed by atoms with Crippen LogP contribution in [0.1, 0.15) is 12.5 Å². The highest BCUT2D eigenvalue weighted by molar-refractivity contribution is 6.27. The van der Waals surface area contributed by atoms with Crippen LogP contribution in [0.5, 0.6) is 5.75 Å². The SMILES string of the molecule is Cc1ccc(OCC(C)NC(=O)CCl)cc1. The van der Waals surface area contributed by atoms with Crippen LogP contribution in [0.25, 0.3) is 0 Å². The fraction of sp³-hybridized carbons (Fsp3) is 0.417. The molecule has 1 aromatic rings. The van der Waals surface area contributed by atoms with Crippen LogP contribution in [0, 0.1) is 6.92 Å². The second-order valence-electron chi connectivity index (χ2n) is 3.73. The molecule has 0 saturated heterocycles. The van der Waals surface area contributed by atoms with E-state index in [1.165, 1.54) is 5.56 Å². The number of hydrogen-bond acceptors (Lipinski definition) is 2. The lowest BCUT2D eigenvalue weighted by molar-refractivity contribution is -0.119. The maximum atomic E-state index is 11.0. The number of nitrogens with one attached hydrogen (secondary N) is 1. The van der Waals surface area contributed by atoms with Gasteiger partial charge in [0.25, 0.3) is 0 Å². The molecule has 0 fully saturated rings. The van der Waals surface area contributed by atoms with Gasteiger partial charge in [-0.25, -0.2) is 0 Å². The van der Waals surface area contributed by atoms with Crippen LogP contribution in [-0.4, -0.2) is 24.4 Å². The van der Waals surface area contributed by atoms with Gasteiger partial charge in [0.1, 0.15) is 18.2 Å². The van der Waals surface area contributed by atoms with Crippen molar-refractivity contribution in [1.29, 1.82) is 0 Å². The standard InChI is InChI=1S/C12H16ClNO2/c1-9-3-5-11(6-4-9)16-8-10(2)14-12(15)7-13/h3-6,10H,7-8H2,1-2H3,(H,14,15). The molecule has 0 heterocycles. The molecule has 1 N–H and O–H groups in total. The topological polar surface area (TPSA) is 38.3 Å². The Balaban J connectivity index is 2.34. The molecule has 0 aromatic heterocycles. The number of halogens is 1. The minimum atomic E-state index is -0.179. The molecule has 1 atom stereocenters. The first-order valence-electron chi connectivity index (χ1n) is 5.16. The molecule has 0 aliphatic rings. The maximum absolute atomic E-state index is 11.0. The van der Waals surface area contributed by atoms with Gasteiger partial charge in [-0.1, -0.05) is 17.7 Å². The largest absolute Gasteiger partial charge is 0.491 e. The van der Waals surface area contributed by atoms with Crippen molar-refractivity contribution < 1.29 is 9.53 Å². The van der Waals surface area contributed by atoms with Gasteiger partial charge in [0.2, 0.25) is 5.91 Å². The van der Waals surface area contributed by atoms with Gasteiger partial charge in [-0.2, -0.15) is 0 Å². The van der Waals surface area contributed by atoms with Gasteiger partial charge in [0.05, 0.1) is 6.04 Å². The van der Waals surface area contributed by atoms with Crippen molar-refractivity contribution in [2.45, 2.75) is 19.9 Å². The monoisotopic (exact) mass is 241 g/mol. The fourth-order valence-corrected chi connectivity index (χ4v) is 1.29.